The zero-order valence-electron chi connectivity index (χ0n) is 16.3. The van der Waals surface area contributed by atoms with Crippen LogP contribution in [0.1, 0.15) is 10.4 Å². The predicted molar refractivity (Wildman–Crippen MR) is 110 cm³/mol. The maximum Gasteiger partial charge on any atom is 0.293 e. The predicted octanol–water partition coefficient (Wildman–Crippen LogP) is 1.57. The minimum absolute atomic E-state index is 0.0744. The SMILES string of the molecule is CN1CCN(c2ccc(C(=O)Nc3cccc(-n4cnnn4)c3)cc2[N+](=O)[O-])CC1. The van der Waals surface area contributed by atoms with E-state index in [0.717, 1.165) is 13.1 Å². The van der Waals surface area contributed by atoms with Gasteiger partial charge in [0.25, 0.3) is 11.6 Å². The molecule has 0 saturated carbocycles. The highest BCUT2D eigenvalue weighted by atomic mass is 16.6. The molecule has 0 aliphatic carbocycles. The topological polar surface area (TPSA) is 122 Å². The summed E-state index contributed by atoms with van der Waals surface area (Å²) in [6.45, 7) is 3.06. The number of nitrogens with one attached hydrogen (secondary N) is 1. The lowest BCUT2D eigenvalue weighted by molar-refractivity contribution is -0.384. The van der Waals surface area contributed by atoms with Crippen molar-refractivity contribution >= 4 is 23.0 Å². The van der Waals surface area contributed by atoms with Gasteiger partial charge in [-0.2, -0.15) is 0 Å². The Morgan fingerprint density at radius 2 is 1.93 bits per heavy atom. The summed E-state index contributed by atoms with van der Waals surface area (Å²) in [5.74, 6) is -0.433. The summed E-state index contributed by atoms with van der Waals surface area (Å²) in [5.41, 5.74) is 1.88. The highest BCUT2D eigenvalue weighted by Gasteiger charge is 2.24. The van der Waals surface area contributed by atoms with E-state index in [1.54, 1.807) is 36.4 Å². The molecule has 11 nitrogen and oxygen atoms in total. The third kappa shape index (κ3) is 4.10. The van der Waals surface area contributed by atoms with Gasteiger partial charge in [0.2, 0.25) is 0 Å². The van der Waals surface area contributed by atoms with Crippen LogP contribution in [0.2, 0.25) is 0 Å². The number of piperazine rings is 1. The van der Waals surface area contributed by atoms with E-state index in [1.165, 1.54) is 17.1 Å². The molecule has 3 aromatic rings. The van der Waals surface area contributed by atoms with Crippen molar-refractivity contribution < 1.29 is 9.72 Å². The lowest BCUT2D eigenvalue weighted by Gasteiger charge is -2.33. The van der Waals surface area contributed by atoms with Crippen molar-refractivity contribution in [3.8, 4) is 5.69 Å². The van der Waals surface area contributed by atoms with E-state index in [-0.39, 0.29) is 11.3 Å². The van der Waals surface area contributed by atoms with Crippen LogP contribution < -0.4 is 10.2 Å². The molecule has 0 radical (unpaired) electrons. The molecule has 30 heavy (non-hydrogen) atoms. The maximum absolute atomic E-state index is 12.7. The van der Waals surface area contributed by atoms with Crippen LogP contribution in [0.5, 0.6) is 0 Å². The molecule has 0 bridgehead atoms. The first kappa shape index (κ1) is 19.5. The Balaban J connectivity index is 1.55. The average molecular weight is 408 g/mol. The van der Waals surface area contributed by atoms with E-state index in [1.807, 2.05) is 11.9 Å². The van der Waals surface area contributed by atoms with Crippen LogP contribution in [0.4, 0.5) is 17.1 Å². The number of likely N-dealkylation sites (N-methyl/N-ethyl adjacent to an activating group) is 1. The number of carbonyl (C=O) groups excluding carboxylic acids is 1. The molecular formula is C19H20N8O3. The highest BCUT2D eigenvalue weighted by molar-refractivity contribution is 6.05. The van der Waals surface area contributed by atoms with E-state index in [2.05, 4.69) is 25.7 Å². The Kier molecular flexibility index (Phi) is 5.35. The summed E-state index contributed by atoms with van der Waals surface area (Å²) < 4.78 is 1.46. The van der Waals surface area contributed by atoms with Gasteiger partial charge in [0, 0.05) is 43.5 Å². The van der Waals surface area contributed by atoms with Crippen molar-refractivity contribution in [3.05, 3.63) is 64.5 Å². The molecule has 1 saturated heterocycles. The summed E-state index contributed by atoms with van der Waals surface area (Å²) in [6.07, 6.45) is 1.45. The molecule has 1 aromatic heterocycles. The van der Waals surface area contributed by atoms with Crippen molar-refractivity contribution in [2.24, 2.45) is 0 Å². The van der Waals surface area contributed by atoms with E-state index in [0.29, 0.717) is 30.2 Å². The van der Waals surface area contributed by atoms with Crippen LogP contribution in [0, 0.1) is 10.1 Å². The lowest BCUT2D eigenvalue weighted by atomic mass is 10.1. The number of hydrogen-bond donors (Lipinski definition) is 1. The standard InChI is InChI=1S/C19H20N8O3/c1-24-7-9-25(10-8-24)17-6-5-14(11-18(17)27(29)30)19(28)21-15-3-2-4-16(12-15)26-13-20-22-23-26/h2-6,11-13H,7-10H2,1H3,(H,21,28). The summed E-state index contributed by atoms with van der Waals surface area (Å²) in [5, 5.41) is 25.4. The number of nitro groups is 1. The number of tetrazole rings is 1. The number of aromatic nitrogens is 4. The molecule has 1 aliphatic heterocycles. The van der Waals surface area contributed by atoms with Gasteiger partial charge in [-0.3, -0.25) is 14.9 Å². The number of amides is 1. The number of hydrogen-bond acceptors (Lipinski definition) is 8. The van der Waals surface area contributed by atoms with E-state index >= 15 is 0 Å². The fourth-order valence-electron chi connectivity index (χ4n) is 3.33. The van der Waals surface area contributed by atoms with Gasteiger partial charge in [-0.05, 0) is 47.8 Å². The van der Waals surface area contributed by atoms with Crippen LogP contribution in [-0.4, -0.2) is 69.2 Å². The molecule has 2 aromatic carbocycles. The lowest BCUT2D eigenvalue weighted by Crippen LogP contribution is -2.44. The van der Waals surface area contributed by atoms with Crippen LogP contribution >= 0.6 is 0 Å². The monoisotopic (exact) mass is 408 g/mol. The summed E-state index contributed by atoms with van der Waals surface area (Å²) in [4.78, 5) is 28.1. The molecule has 1 amide bonds. The highest BCUT2D eigenvalue weighted by Crippen LogP contribution is 2.30. The molecule has 1 fully saturated rings. The Bertz CT molecular complexity index is 1060. The minimum Gasteiger partial charge on any atom is -0.363 e. The van der Waals surface area contributed by atoms with Gasteiger partial charge in [-0.1, -0.05) is 6.07 Å². The molecule has 2 heterocycles. The fourth-order valence-corrected chi connectivity index (χ4v) is 3.33. The van der Waals surface area contributed by atoms with Crippen molar-refractivity contribution in [1.29, 1.82) is 0 Å². The summed E-state index contributed by atoms with van der Waals surface area (Å²) >= 11 is 0. The van der Waals surface area contributed by atoms with Gasteiger partial charge >= 0.3 is 0 Å². The Hall–Kier alpha value is -3.86. The Morgan fingerprint density at radius 3 is 2.63 bits per heavy atom. The molecule has 11 heteroatoms. The molecular weight excluding hydrogens is 388 g/mol. The third-order valence-corrected chi connectivity index (χ3v) is 5.00. The Morgan fingerprint density at radius 1 is 1.13 bits per heavy atom. The second-order valence-corrected chi connectivity index (χ2v) is 7.01. The average Bonchev–Trinajstić information content (AvgIpc) is 3.29. The molecule has 0 atom stereocenters. The zero-order chi connectivity index (χ0) is 21.1. The van der Waals surface area contributed by atoms with Crippen molar-refractivity contribution in [3.63, 3.8) is 0 Å². The molecule has 0 unspecified atom stereocenters. The number of rotatable bonds is 5. The van der Waals surface area contributed by atoms with Crippen molar-refractivity contribution in [2.45, 2.75) is 0 Å². The summed E-state index contributed by atoms with van der Waals surface area (Å²) in [7, 11) is 2.02. The molecule has 1 aliphatic rings. The maximum atomic E-state index is 12.7. The minimum atomic E-state index is -0.442. The van der Waals surface area contributed by atoms with Crippen LogP contribution in [-0.2, 0) is 0 Å². The fraction of sp³-hybridized carbons (Fsp3) is 0.263. The van der Waals surface area contributed by atoms with Gasteiger partial charge in [-0.25, -0.2) is 4.68 Å². The largest absolute Gasteiger partial charge is 0.363 e. The van der Waals surface area contributed by atoms with Crippen molar-refractivity contribution in [2.75, 3.05) is 43.4 Å². The zero-order valence-corrected chi connectivity index (χ0v) is 16.3. The molecule has 154 valence electrons. The molecule has 1 N–H and O–H groups in total. The second kappa shape index (κ2) is 8.25. The number of anilines is 2. The quantitative estimate of drug-likeness (QED) is 0.499. The van der Waals surface area contributed by atoms with Crippen LogP contribution in [0.15, 0.2) is 48.8 Å². The first-order valence-electron chi connectivity index (χ1n) is 9.38. The Labute approximate surface area is 172 Å². The van der Waals surface area contributed by atoms with Gasteiger partial charge in [0.15, 0.2) is 0 Å². The number of nitro benzene ring substituents is 1. The number of carbonyl (C=O) groups is 1. The third-order valence-electron chi connectivity index (χ3n) is 5.00. The van der Waals surface area contributed by atoms with Gasteiger partial charge in [0.05, 0.1) is 10.6 Å². The second-order valence-electron chi connectivity index (χ2n) is 7.01. The normalized spacial score (nSPS) is 14.5. The number of nitrogens with zero attached hydrogens (tertiary/aromatic N) is 7. The van der Waals surface area contributed by atoms with Crippen molar-refractivity contribution in [1.82, 2.24) is 25.1 Å². The molecule has 0 spiro atoms. The first-order valence-corrected chi connectivity index (χ1v) is 9.38. The van der Waals surface area contributed by atoms with E-state index in [4.69, 9.17) is 0 Å². The van der Waals surface area contributed by atoms with Gasteiger partial charge in [0.1, 0.15) is 12.0 Å². The number of benzene rings is 2. The van der Waals surface area contributed by atoms with E-state index in [9.17, 15) is 14.9 Å². The van der Waals surface area contributed by atoms with E-state index < -0.39 is 10.8 Å². The van der Waals surface area contributed by atoms with Crippen LogP contribution in [0.3, 0.4) is 0 Å². The first-order chi connectivity index (χ1) is 14.5. The summed E-state index contributed by atoms with van der Waals surface area (Å²) in [6, 6.07) is 11.6. The van der Waals surface area contributed by atoms with Gasteiger partial charge < -0.3 is 15.1 Å². The van der Waals surface area contributed by atoms with Gasteiger partial charge in [-0.15, -0.1) is 5.10 Å². The smallest absolute Gasteiger partial charge is 0.293 e. The van der Waals surface area contributed by atoms with Crippen LogP contribution in [0.25, 0.3) is 5.69 Å². The molecule has 4 rings (SSSR count).